The van der Waals surface area contributed by atoms with Crippen LogP contribution in [0.5, 0.6) is 11.8 Å². The Kier molecular flexibility index (Phi) is 3.85. The minimum absolute atomic E-state index is 0.123. The second-order valence-corrected chi connectivity index (χ2v) is 3.46. The van der Waals surface area contributed by atoms with Crippen LogP contribution in [0.25, 0.3) is 0 Å². The third kappa shape index (κ3) is 2.23. The van der Waals surface area contributed by atoms with Gasteiger partial charge in [-0.15, -0.1) is 0 Å². The van der Waals surface area contributed by atoms with E-state index >= 15 is 0 Å². The fourth-order valence-electron chi connectivity index (χ4n) is 0.900. The molecule has 0 aliphatic carbocycles. The average molecular weight is 315 g/mol. The zero-order valence-electron chi connectivity index (χ0n) is 7.55. The Morgan fingerprint density at radius 2 is 2.00 bits per heavy atom. The summed E-state index contributed by atoms with van der Waals surface area (Å²) in [4.78, 5) is 3.87. The summed E-state index contributed by atoms with van der Waals surface area (Å²) in [6.07, 6.45) is -2.56. The lowest BCUT2D eigenvalue weighted by atomic mass is 10.3. The van der Waals surface area contributed by atoms with Gasteiger partial charge in [0.2, 0.25) is 11.8 Å². The van der Waals surface area contributed by atoms with E-state index in [2.05, 4.69) is 4.98 Å². The minimum Gasteiger partial charge on any atom is -0.481 e. The van der Waals surface area contributed by atoms with Crippen molar-refractivity contribution in [2.24, 2.45) is 0 Å². The lowest BCUT2D eigenvalue weighted by Gasteiger charge is -2.09. The van der Waals surface area contributed by atoms with Gasteiger partial charge in [-0.1, -0.05) is 0 Å². The van der Waals surface area contributed by atoms with Gasteiger partial charge in [0.25, 0.3) is 6.43 Å². The van der Waals surface area contributed by atoms with E-state index in [1.54, 1.807) is 22.6 Å². The highest BCUT2D eigenvalue weighted by molar-refractivity contribution is 14.1. The second kappa shape index (κ2) is 4.72. The molecule has 0 aliphatic rings. The molecule has 0 atom stereocenters. The topological polar surface area (TPSA) is 31.4 Å². The predicted molar refractivity (Wildman–Crippen MR) is 55.0 cm³/mol. The van der Waals surface area contributed by atoms with Crippen molar-refractivity contribution in [3.63, 3.8) is 0 Å². The molecule has 6 heteroatoms. The maximum Gasteiger partial charge on any atom is 0.265 e. The fourth-order valence-corrected chi connectivity index (χ4v) is 1.63. The van der Waals surface area contributed by atoms with Crippen molar-refractivity contribution in [1.82, 2.24) is 4.98 Å². The van der Waals surface area contributed by atoms with Crippen molar-refractivity contribution in [2.45, 2.75) is 6.43 Å². The van der Waals surface area contributed by atoms with Crippen LogP contribution in [0.15, 0.2) is 6.07 Å². The van der Waals surface area contributed by atoms with Crippen LogP contribution < -0.4 is 9.47 Å². The van der Waals surface area contributed by atoms with Crippen LogP contribution in [0.3, 0.4) is 0 Å². The molecule has 0 saturated heterocycles. The molecule has 78 valence electrons. The molecule has 0 N–H and O–H groups in total. The first-order valence-electron chi connectivity index (χ1n) is 3.66. The summed E-state index contributed by atoms with van der Waals surface area (Å²) >= 11 is 1.77. The molecule has 0 spiro atoms. The van der Waals surface area contributed by atoms with Gasteiger partial charge in [0.05, 0.1) is 17.8 Å². The Morgan fingerprint density at radius 3 is 2.43 bits per heavy atom. The molecule has 1 aromatic rings. The number of aromatic nitrogens is 1. The molecule has 0 bridgehead atoms. The van der Waals surface area contributed by atoms with E-state index in [4.69, 9.17) is 9.47 Å². The van der Waals surface area contributed by atoms with Crippen LogP contribution in [0.4, 0.5) is 8.78 Å². The Bertz CT molecular complexity index is 333. The van der Waals surface area contributed by atoms with Gasteiger partial charge in [-0.05, 0) is 22.6 Å². The molecule has 0 unspecified atom stereocenters. The number of methoxy groups -OCH3 is 2. The normalized spacial score (nSPS) is 10.4. The minimum atomic E-state index is -2.56. The predicted octanol–water partition coefficient (Wildman–Crippen LogP) is 2.64. The lowest BCUT2D eigenvalue weighted by molar-refractivity contribution is 0.149. The maximum absolute atomic E-state index is 12.5. The molecular weight excluding hydrogens is 307 g/mol. The van der Waals surface area contributed by atoms with Crippen molar-refractivity contribution in [1.29, 1.82) is 0 Å². The number of rotatable bonds is 3. The highest BCUT2D eigenvalue weighted by Gasteiger charge is 2.18. The number of halogens is 3. The van der Waals surface area contributed by atoms with Crippen LogP contribution in [0, 0.1) is 3.57 Å². The molecule has 1 aromatic heterocycles. The maximum atomic E-state index is 12.5. The van der Waals surface area contributed by atoms with Crippen molar-refractivity contribution >= 4 is 22.6 Å². The van der Waals surface area contributed by atoms with Gasteiger partial charge >= 0.3 is 0 Å². The molecule has 0 fully saturated rings. The van der Waals surface area contributed by atoms with Crippen LogP contribution in [0.2, 0.25) is 0 Å². The monoisotopic (exact) mass is 315 g/mol. The van der Waals surface area contributed by atoms with E-state index in [1.807, 2.05) is 0 Å². The van der Waals surface area contributed by atoms with E-state index in [1.165, 1.54) is 20.3 Å². The molecule has 0 aliphatic heterocycles. The Hall–Kier alpha value is -0.660. The van der Waals surface area contributed by atoms with Gasteiger partial charge in [0, 0.05) is 11.6 Å². The number of ether oxygens (including phenoxy) is 2. The van der Waals surface area contributed by atoms with E-state index < -0.39 is 6.43 Å². The first-order chi connectivity index (χ1) is 6.60. The summed E-state index contributed by atoms with van der Waals surface area (Å²) in [6, 6.07) is 1.20. The van der Waals surface area contributed by atoms with Gasteiger partial charge in [-0.25, -0.2) is 8.78 Å². The molecule has 1 heterocycles. The molecule has 0 radical (unpaired) electrons. The molecule has 3 nitrogen and oxygen atoms in total. The largest absolute Gasteiger partial charge is 0.481 e. The zero-order valence-corrected chi connectivity index (χ0v) is 9.71. The summed E-state index contributed by atoms with van der Waals surface area (Å²) in [7, 11) is 2.74. The molecule has 14 heavy (non-hydrogen) atoms. The zero-order chi connectivity index (χ0) is 10.7. The Labute approximate surface area is 93.6 Å². The molecule has 1 rings (SSSR count). The van der Waals surface area contributed by atoms with Crippen LogP contribution in [-0.2, 0) is 0 Å². The highest BCUT2D eigenvalue weighted by atomic mass is 127. The third-order valence-electron chi connectivity index (χ3n) is 1.57. The molecule has 0 saturated carbocycles. The van der Waals surface area contributed by atoms with Gasteiger partial charge in [0.1, 0.15) is 0 Å². The average Bonchev–Trinajstić information content (AvgIpc) is 2.17. The first kappa shape index (κ1) is 11.4. The van der Waals surface area contributed by atoms with Crippen molar-refractivity contribution < 1.29 is 18.3 Å². The number of nitrogens with zero attached hydrogens (tertiary/aromatic N) is 1. The van der Waals surface area contributed by atoms with Crippen LogP contribution in [-0.4, -0.2) is 19.2 Å². The lowest BCUT2D eigenvalue weighted by Crippen LogP contribution is -2.00. The second-order valence-electron chi connectivity index (χ2n) is 2.38. The summed E-state index contributed by atoms with van der Waals surface area (Å²) < 4.78 is 35.0. The first-order valence-corrected chi connectivity index (χ1v) is 4.74. The van der Waals surface area contributed by atoms with Gasteiger partial charge < -0.3 is 9.47 Å². The summed E-state index contributed by atoms with van der Waals surface area (Å²) in [6.45, 7) is 0. The van der Waals surface area contributed by atoms with Crippen LogP contribution >= 0.6 is 22.6 Å². The van der Waals surface area contributed by atoms with Crippen molar-refractivity contribution in [2.75, 3.05) is 14.2 Å². The summed E-state index contributed by atoms with van der Waals surface area (Å²) in [5.41, 5.74) is -0.130. The van der Waals surface area contributed by atoms with E-state index in [-0.39, 0.29) is 17.3 Å². The van der Waals surface area contributed by atoms with Crippen molar-refractivity contribution in [3.05, 3.63) is 15.2 Å². The van der Waals surface area contributed by atoms with E-state index in [9.17, 15) is 8.78 Å². The smallest absolute Gasteiger partial charge is 0.265 e. The number of hydrogen-bond donors (Lipinski definition) is 0. The van der Waals surface area contributed by atoms with Gasteiger partial charge in [-0.3, -0.25) is 0 Å². The number of alkyl halides is 2. The van der Waals surface area contributed by atoms with E-state index in [0.717, 1.165) is 0 Å². The highest BCUT2D eigenvalue weighted by Crippen LogP contribution is 2.32. The Balaban J connectivity index is 3.27. The van der Waals surface area contributed by atoms with Crippen molar-refractivity contribution in [3.8, 4) is 11.8 Å². The number of pyridine rings is 1. The third-order valence-corrected chi connectivity index (χ3v) is 2.65. The molecular formula is C8H8F2INO2. The van der Waals surface area contributed by atoms with Gasteiger partial charge in [-0.2, -0.15) is 4.98 Å². The Morgan fingerprint density at radius 1 is 1.36 bits per heavy atom. The van der Waals surface area contributed by atoms with Crippen LogP contribution in [0.1, 0.15) is 12.0 Å². The van der Waals surface area contributed by atoms with E-state index in [0.29, 0.717) is 3.57 Å². The summed E-state index contributed by atoms with van der Waals surface area (Å²) in [5.74, 6) is 0.276. The van der Waals surface area contributed by atoms with Gasteiger partial charge in [0.15, 0.2) is 0 Å². The molecule has 0 aromatic carbocycles. The molecule has 0 amide bonds. The summed E-state index contributed by atoms with van der Waals surface area (Å²) in [5, 5.41) is 0. The fraction of sp³-hybridized carbons (Fsp3) is 0.375. The SMILES string of the molecule is COc1cc(C(F)F)c(I)c(OC)n1. The number of hydrogen-bond acceptors (Lipinski definition) is 3. The standard InChI is InChI=1S/C8H8F2INO2/c1-13-5-3-4(7(9)10)6(11)8(12-5)14-2/h3,7H,1-2H3. The quantitative estimate of drug-likeness (QED) is 0.804.